The Kier molecular flexibility index (Phi) is 3.01. The molecule has 1 aliphatic heterocycles. The van der Waals surface area contributed by atoms with Gasteiger partial charge in [-0.1, -0.05) is 6.07 Å². The predicted octanol–water partition coefficient (Wildman–Crippen LogP) is 4.31. The molecule has 0 saturated carbocycles. The molecule has 4 nitrogen and oxygen atoms in total. The van der Waals surface area contributed by atoms with Gasteiger partial charge in [0.25, 0.3) is 0 Å². The summed E-state index contributed by atoms with van der Waals surface area (Å²) in [6, 6.07) is 7.89. The molecule has 3 rings (SSSR count). The first kappa shape index (κ1) is 13.1. The summed E-state index contributed by atoms with van der Waals surface area (Å²) in [4.78, 5) is 15.7. The topological polar surface area (TPSA) is 51.2 Å². The minimum atomic E-state index is -0.646. The van der Waals surface area contributed by atoms with Gasteiger partial charge in [-0.05, 0) is 53.5 Å². The molecule has 2 aromatic rings. The van der Waals surface area contributed by atoms with Crippen molar-refractivity contribution in [2.75, 3.05) is 5.32 Å². The Labute approximate surface area is 125 Å². The first-order chi connectivity index (χ1) is 9.45. The number of rotatable bonds is 1. The van der Waals surface area contributed by atoms with E-state index in [1.807, 2.05) is 44.3 Å². The Morgan fingerprint density at radius 3 is 2.75 bits per heavy atom. The lowest BCUT2D eigenvalue weighted by atomic mass is 9.91. The van der Waals surface area contributed by atoms with Crippen LogP contribution in [0.2, 0.25) is 0 Å². The molecule has 0 bridgehead atoms. The van der Waals surface area contributed by atoms with Crippen LogP contribution in [0.1, 0.15) is 19.4 Å². The molecular weight excluding hydrogens is 320 g/mol. The summed E-state index contributed by atoms with van der Waals surface area (Å²) < 4.78 is 6.27. The third-order valence-electron chi connectivity index (χ3n) is 3.29. The van der Waals surface area contributed by atoms with Crippen molar-refractivity contribution < 1.29 is 9.53 Å². The SMILES string of the molecule is CC1(C)OC(=O)Nc2ccc(-c3cncc(Br)c3)cc21. The third kappa shape index (κ3) is 2.29. The Hall–Kier alpha value is -1.88. The summed E-state index contributed by atoms with van der Waals surface area (Å²) in [6.45, 7) is 3.76. The number of benzene rings is 1. The van der Waals surface area contributed by atoms with Crippen molar-refractivity contribution in [1.82, 2.24) is 4.98 Å². The van der Waals surface area contributed by atoms with Gasteiger partial charge in [-0.25, -0.2) is 4.79 Å². The van der Waals surface area contributed by atoms with Gasteiger partial charge in [-0.3, -0.25) is 10.3 Å². The quantitative estimate of drug-likeness (QED) is 0.846. The lowest BCUT2D eigenvalue weighted by Crippen LogP contribution is -2.34. The van der Waals surface area contributed by atoms with Crippen LogP contribution in [-0.4, -0.2) is 11.1 Å². The standard InChI is InChI=1S/C15H13BrN2O2/c1-15(2)12-6-9(10-5-11(16)8-17-7-10)3-4-13(12)18-14(19)20-15/h3-8H,1-2H3,(H,18,19). The lowest BCUT2D eigenvalue weighted by Gasteiger charge is -2.32. The molecule has 1 aromatic carbocycles. The Bertz CT molecular complexity index is 698. The minimum Gasteiger partial charge on any atom is -0.438 e. The van der Waals surface area contributed by atoms with Crippen molar-refractivity contribution in [2.45, 2.75) is 19.4 Å². The monoisotopic (exact) mass is 332 g/mol. The molecule has 0 spiro atoms. The van der Waals surface area contributed by atoms with E-state index in [1.54, 1.807) is 6.20 Å². The van der Waals surface area contributed by atoms with Crippen molar-refractivity contribution in [3.63, 3.8) is 0 Å². The second-order valence-corrected chi connectivity index (χ2v) is 6.09. The molecule has 2 heterocycles. The summed E-state index contributed by atoms with van der Waals surface area (Å²) in [5, 5.41) is 2.72. The first-order valence-corrected chi connectivity index (χ1v) is 7.00. The maximum atomic E-state index is 11.5. The zero-order valence-electron chi connectivity index (χ0n) is 11.1. The molecule has 1 amide bonds. The van der Waals surface area contributed by atoms with Crippen molar-refractivity contribution in [1.29, 1.82) is 0 Å². The van der Waals surface area contributed by atoms with E-state index in [0.717, 1.165) is 26.9 Å². The highest BCUT2D eigenvalue weighted by atomic mass is 79.9. The molecule has 20 heavy (non-hydrogen) atoms. The molecule has 1 N–H and O–H groups in total. The van der Waals surface area contributed by atoms with Gasteiger partial charge in [0, 0.05) is 28.0 Å². The third-order valence-corrected chi connectivity index (χ3v) is 3.72. The molecule has 0 fully saturated rings. The molecule has 0 saturated heterocycles. The summed E-state index contributed by atoms with van der Waals surface area (Å²) in [6.07, 6.45) is 3.14. The van der Waals surface area contributed by atoms with Gasteiger partial charge in [0.15, 0.2) is 0 Å². The number of anilines is 1. The Balaban J connectivity index is 2.12. The van der Waals surface area contributed by atoms with E-state index < -0.39 is 11.7 Å². The van der Waals surface area contributed by atoms with E-state index in [9.17, 15) is 4.79 Å². The van der Waals surface area contributed by atoms with Crippen LogP contribution in [-0.2, 0) is 10.3 Å². The van der Waals surface area contributed by atoms with E-state index in [1.165, 1.54) is 0 Å². The van der Waals surface area contributed by atoms with Gasteiger partial charge in [0.1, 0.15) is 5.60 Å². The van der Waals surface area contributed by atoms with Crippen LogP contribution in [0.4, 0.5) is 10.5 Å². The fourth-order valence-corrected chi connectivity index (χ4v) is 2.69. The van der Waals surface area contributed by atoms with Crippen LogP contribution in [0, 0.1) is 0 Å². The first-order valence-electron chi connectivity index (χ1n) is 6.21. The van der Waals surface area contributed by atoms with Crippen LogP contribution in [0.3, 0.4) is 0 Å². The second kappa shape index (κ2) is 4.59. The second-order valence-electron chi connectivity index (χ2n) is 5.18. The summed E-state index contributed by atoms with van der Waals surface area (Å²) in [5.41, 5.74) is 3.14. The lowest BCUT2D eigenvalue weighted by molar-refractivity contribution is 0.0421. The van der Waals surface area contributed by atoms with Crippen LogP contribution in [0.5, 0.6) is 0 Å². The highest BCUT2D eigenvalue weighted by Crippen LogP contribution is 2.38. The maximum absolute atomic E-state index is 11.5. The van der Waals surface area contributed by atoms with Gasteiger partial charge in [0.2, 0.25) is 0 Å². The molecule has 1 aliphatic rings. The number of carbonyl (C=O) groups excluding carboxylic acids is 1. The van der Waals surface area contributed by atoms with Crippen LogP contribution in [0.15, 0.2) is 41.1 Å². The molecular formula is C15H13BrN2O2. The number of fused-ring (bicyclic) bond motifs is 1. The molecule has 102 valence electrons. The number of cyclic esters (lactones) is 1. The number of nitrogens with one attached hydrogen (secondary N) is 1. The zero-order valence-corrected chi connectivity index (χ0v) is 12.7. The molecule has 0 unspecified atom stereocenters. The summed E-state index contributed by atoms with van der Waals surface area (Å²) >= 11 is 3.42. The smallest absolute Gasteiger partial charge is 0.412 e. The number of aromatic nitrogens is 1. The highest BCUT2D eigenvalue weighted by Gasteiger charge is 2.33. The summed E-state index contributed by atoms with van der Waals surface area (Å²) in [7, 11) is 0. The van der Waals surface area contributed by atoms with E-state index in [0.29, 0.717) is 0 Å². The molecule has 1 aromatic heterocycles. The number of ether oxygens (including phenoxy) is 1. The Morgan fingerprint density at radius 1 is 1.20 bits per heavy atom. The summed E-state index contributed by atoms with van der Waals surface area (Å²) in [5.74, 6) is 0. The molecule has 5 heteroatoms. The van der Waals surface area contributed by atoms with Gasteiger partial charge >= 0.3 is 6.09 Å². The normalized spacial score (nSPS) is 16.1. The van der Waals surface area contributed by atoms with Crippen molar-refractivity contribution in [3.05, 3.63) is 46.7 Å². The van der Waals surface area contributed by atoms with Gasteiger partial charge in [-0.2, -0.15) is 0 Å². The van der Waals surface area contributed by atoms with E-state index in [2.05, 4.69) is 26.2 Å². The number of hydrogen-bond donors (Lipinski definition) is 1. The fraction of sp³-hybridized carbons (Fsp3) is 0.200. The average Bonchev–Trinajstić information content (AvgIpc) is 2.37. The van der Waals surface area contributed by atoms with Crippen LogP contribution < -0.4 is 5.32 Å². The molecule has 0 aliphatic carbocycles. The number of pyridine rings is 1. The molecule has 0 atom stereocenters. The number of hydrogen-bond acceptors (Lipinski definition) is 3. The number of halogens is 1. The van der Waals surface area contributed by atoms with Crippen molar-refractivity contribution in [2.24, 2.45) is 0 Å². The largest absolute Gasteiger partial charge is 0.438 e. The van der Waals surface area contributed by atoms with E-state index >= 15 is 0 Å². The fourth-order valence-electron chi connectivity index (χ4n) is 2.32. The maximum Gasteiger partial charge on any atom is 0.412 e. The van der Waals surface area contributed by atoms with Crippen molar-refractivity contribution in [3.8, 4) is 11.1 Å². The highest BCUT2D eigenvalue weighted by molar-refractivity contribution is 9.10. The average molecular weight is 333 g/mol. The van der Waals surface area contributed by atoms with E-state index in [-0.39, 0.29) is 0 Å². The van der Waals surface area contributed by atoms with Gasteiger partial charge in [0.05, 0.1) is 5.69 Å². The number of nitrogens with zero attached hydrogens (tertiary/aromatic N) is 1. The Morgan fingerprint density at radius 2 is 2.00 bits per heavy atom. The van der Waals surface area contributed by atoms with Crippen LogP contribution in [0.25, 0.3) is 11.1 Å². The number of amides is 1. The van der Waals surface area contributed by atoms with Gasteiger partial charge in [-0.15, -0.1) is 0 Å². The van der Waals surface area contributed by atoms with E-state index in [4.69, 9.17) is 4.74 Å². The predicted molar refractivity (Wildman–Crippen MR) is 80.5 cm³/mol. The minimum absolute atomic E-state index is 0.417. The van der Waals surface area contributed by atoms with Crippen LogP contribution >= 0.6 is 15.9 Å². The molecule has 0 radical (unpaired) electrons. The number of carbonyl (C=O) groups is 1. The van der Waals surface area contributed by atoms with Gasteiger partial charge < -0.3 is 4.74 Å². The zero-order chi connectivity index (χ0) is 14.3. The van der Waals surface area contributed by atoms with Crippen molar-refractivity contribution >= 4 is 27.7 Å².